The Morgan fingerprint density at radius 3 is 1.34 bits per heavy atom. The Balaban J connectivity index is 0.000000134. The fourth-order valence-electron chi connectivity index (χ4n) is 11.3. The zero-order valence-corrected chi connectivity index (χ0v) is 67.4. The minimum absolute atomic E-state index is 0.483. The van der Waals surface area contributed by atoms with E-state index < -0.39 is 0 Å². The van der Waals surface area contributed by atoms with Gasteiger partial charge in [-0.2, -0.15) is 0 Å². The van der Waals surface area contributed by atoms with Gasteiger partial charge in [0.2, 0.25) is 11.8 Å². The molecule has 0 bridgehead atoms. The van der Waals surface area contributed by atoms with Gasteiger partial charge in [0, 0.05) is 82.5 Å². The van der Waals surface area contributed by atoms with Crippen molar-refractivity contribution >= 4 is 146 Å². The number of rotatable bonds is 12. The van der Waals surface area contributed by atoms with Gasteiger partial charge in [0.25, 0.3) is 0 Å². The summed E-state index contributed by atoms with van der Waals surface area (Å²) in [6.07, 6.45) is 13.7. The lowest BCUT2D eigenvalue weighted by Crippen LogP contribution is -2.11. The monoisotopic (exact) mass is 1590 g/mol. The minimum Gasteiger partial charge on any atom is -0.494 e. The number of benzene rings is 6. The van der Waals surface area contributed by atoms with Crippen LogP contribution in [0.3, 0.4) is 0 Å². The zero-order valence-electron chi connectivity index (χ0n) is 65.9. The number of nitrogen functional groups attached to an aromatic ring is 2. The van der Waals surface area contributed by atoms with Crippen LogP contribution in [0.4, 0.5) is 57.7 Å². The Hall–Kier alpha value is -14.7. The highest BCUT2D eigenvalue weighted by Gasteiger charge is 2.10. The van der Waals surface area contributed by atoms with E-state index in [1.54, 1.807) is 108 Å². The number of aromatic nitrogens is 12. The van der Waals surface area contributed by atoms with Crippen molar-refractivity contribution in [3.05, 3.63) is 349 Å². The van der Waals surface area contributed by atoms with E-state index in [0.717, 1.165) is 123 Å². The summed E-state index contributed by atoms with van der Waals surface area (Å²) in [5, 5.41) is 17.3. The van der Waals surface area contributed by atoms with Gasteiger partial charge in [0.15, 0.2) is 0 Å². The molecule has 18 aromatic rings. The maximum absolute atomic E-state index is 5.78. The average Bonchev–Trinajstić information content (AvgIpc) is 0.835. The number of pyridine rings is 12. The maximum Gasteiger partial charge on any atom is 0.213 e. The molecule has 0 fully saturated rings. The van der Waals surface area contributed by atoms with E-state index in [2.05, 4.69) is 158 Å². The van der Waals surface area contributed by atoms with Gasteiger partial charge in [-0.1, -0.05) is 107 Å². The number of fused-ring (bicyclic) bond motifs is 6. The van der Waals surface area contributed by atoms with Gasteiger partial charge in [-0.3, -0.25) is 9.97 Å². The molecular formula is C93H86Cl2N18O4. The summed E-state index contributed by atoms with van der Waals surface area (Å²) in [6.45, 7) is 8.28. The van der Waals surface area contributed by atoms with Crippen molar-refractivity contribution in [1.82, 2.24) is 59.8 Å². The molecule has 0 aliphatic rings. The molecule has 0 atom stereocenters. The van der Waals surface area contributed by atoms with Crippen molar-refractivity contribution in [2.45, 2.75) is 27.7 Å². The molecule has 0 saturated carbocycles. The fraction of sp³-hybridized carbons (Fsp3) is 0.0968. The van der Waals surface area contributed by atoms with Gasteiger partial charge in [0.1, 0.15) is 67.7 Å². The second-order valence-corrected chi connectivity index (χ2v) is 26.7. The molecule has 0 spiro atoms. The fourth-order valence-corrected chi connectivity index (χ4v) is 11.6. The number of hydrogen-bond acceptors (Lipinski definition) is 22. The highest BCUT2D eigenvalue weighted by Crippen LogP contribution is 2.30. The number of methoxy groups -OCH3 is 4. The largest absolute Gasteiger partial charge is 0.494 e. The first-order valence-corrected chi connectivity index (χ1v) is 37.6. The molecule has 0 aliphatic carbocycles. The van der Waals surface area contributed by atoms with E-state index in [9.17, 15) is 0 Å². The Morgan fingerprint density at radius 2 is 0.821 bits per heavy atom. The average molecular weight is 1590 g/mol. The van der Waals surface area contributed by atoms with Crippen LogP contribution in [0.2, 0.25) is 10.3 Å². The molecule has 12 aromatic heterocycles. The van der Waals surface area contributed by atoms with Crippen LogP contribution in [-0.2, 0) is 0 Å². The number of nitrogens with two attached hydrogens (primary N) is 2. The molecule has 0 unspecified atom stereocenters. The van der Waals surface area contributed by atoms with E-state index in [4.69, 9.17) is 58.6 Å². The first kappa shape index (κ1) is 83.2. The van der Waals surface area contributed by atoms with Gasteiger partial charge in [-0.05, 0) is 221 Å². The van der Waals surface area contributed by atoms with Gasteiger partial charge in [-0.15, -0.1) is 0 Å². The molecular weight excluding hydrogens is 1500 g/mol. The lowest BCUT2D eigenvalue weighted by Gasteiger charge is -2.18. The molecule has 0 radical (unpaired) electrons. The standard InChI is InChI=1S/C17H17N3O.C16H15N3O.C15H13N3O.C15H13N3.C10H8ClNO.C10H8ClN.2C5H6N2/c1-12-4-7-15-13(10-12)5-8-16(19-15)20(2)14-6-9-17(21-3)18-11-14;1-11-3-6-14-12(9-11)4-7-15(19-14)18-13-5-8-16(20-2)17-10-13;1-19-12-6-4-5-11-8-9-14(18-15(11)12)17-13-7-2-3-10-16-13;1-11-4-5-12-6-7-15(18-14(12)9-11)17-13-3-2-8-16-10-13;1-13-8-4-2-3-7-5-6-9(11)12-10(7)8;1-7-2-3-8-4-5-10(11)12-9(8)6-7;6-5-2-1-3-7-4-5;6-5-3-1-2-4-7-5/h4-11H,1-3H3;3-10H,1-2H3,(H,18,19);2-10H,1H3,(H,16,17,18);2-10H,1H3,(H,17,18);2-6H,1H3;2-6H,1H3;1-4H,6H2;1-4H,(H2,6,7). The van der Waals surface area contributed by atoms with Crippen LogP contribution < -0.4 is 51.3 Å². The number of nitrogens with zero attached hydrogens (tertiary/aromatic N) is 13. The van der Waals surface area contributed by atoms with E-state index in [-0.39, 0.29) is 0 Å². The van der Waals surface area contributed by atoms with Crippen molar-refractivity contribution in [2.75, 3.05) is 67.8 Å². The van der Waals surface area contributed by atoms with Crippen LogP contribution in [-0.4, -0.2) is 95.3 Å². The van der Waals surface area contributed by atoms with Crippen LogP contribution in [0.15, 0.2) is 316 Å². The molecule has 586 valence electrons. The molecule has 12 heterocycles. The van der Waals surface area contributed by atoms with Crippen molar-refractivity contribution in [3.8, 4) is 23.3 Å². The van der Waals surface area contributed by atoms with Gasteiger partial charge < -0.3 is 51.3 Å². The summed E-state index contributed by atoms with van der Waals surface area (Å²) < 4.78 is 20.6. The van der Waals surface area contributed by atoms with Crippen LogP contribution in [0, 0.1) is 27.7 Å². The quantitative estimate of drug-likeness (QED) is 0.0711. The topological polar surface area (TPSA) is 283 Å². The second-order valence-electron chi connectivity index (χ2n) is 26.0. The molecule has 0 saturated heterocycles. The van der Waals surface area contributed by atoms with Gasteiger partial charge >= 0.3 is 0 Å². The SMILES string of the molecule is COc1ccc(N(C)c2ccc3cc(C)ccc3n2)cn1.COc1ccc(Nc2ccc3cc(C)ccc3n2)cn1.COc1cccc2ccc(Cl)nc12.COc1cccc2ccc(Nc3ccccn3)nc12.Cc1ccc2ccc(Cl)nc2c1.Cc1ccc2ccc(Nc3cccnc3)nc2c1.Nc1ccccn1.Nc1cccnc1. The van der Waals surface area contributed by atoms with E-state index in [0.29, 0.717) is 33.6 Å². The second kappa shape index (κ2) is 42.2. The highest BCUT2D eigenvalue weighted by molar-refractivity contribution is 6.30. The predicted molar refractivity (Wildman–Crippen MR) is 478 cm³/mol. The summed E-state index contributed by atoms with van der Waals surface area (Å²) in [7, 11) is 8.46. The van der Waals surface area contributed by atoms with Crippen molar-refractivity contribution < 1.29 is 18.9 Å². The first-order chi connectivity index (χ1) is 56.9. The van der Waals surface area contributed by atoms with E-state index in [1.165, 1.54) is 22.3 Å². The summed E-state index contributed by atoms with van der Waals surface area (Å²) in [5.74, 6) is 7.32. The number of halogens is 2. The highest BCUT2D eigenvalue weighted by atomic mass is 35.5. The number of hydrogen-bond donors (Lipinski definition) is 5. The molecule has 7 N–H and O–H groups in total. The van der Waals surface area contributed by atoms with Crippen molar-refractivity contribution in [2.24, 2.45) is 0 Å². The third-order valence-corrected chi connectivity index (χ3v) is 17.6. The van der Waals surface area contributed by atoms with Crippen molar-refractivity contribution in [1.29, 1.82) is 0 Å². The Kier molecular flexibility index (Phi) is 30.0. The zero-order chi connectivity index (χ0) is 82.3. The number of anilines is 10. The first-order valence-electron chi connectivity index (χ1n) is 36.8. The van der Waals surface area contributed by atoms with Gasteiger partial charge in [-0.25, -0.2) is 49.8 Å². The smallest absolute Gasteiger partial charge is 0.213 e. The Morgan fingerprint density at radius 1 is 0.325 bits per heavy atom. The molecule has 0 amide bonds. The molecule has 0 aliphatic heterocycles. The number of nitrogens with one attached hydrogen (secondary N) is 3. The molecule has 24 heteroatoms. The van der Waals surface area contributed by atoms with Crippen LogP contribution in [0.5, 0.6) is 23.3 Å². The van der Waals surface area contributed by atoms with Crippen LogP contribution in [0.1, 0.15) is 22.3 Å². The third-order valence-electron chi connectivity index (χ3n) is 17.2. The lowest BCUT2D eigenvalue weighted by atomic mass is 10.1. The molecule has 18 rings (SSSR count). The van der Waals surface area contributed by atoms with E-state index >= 15 is 0 Å². The van der Waals surface area contributed by atoms with Gasteiger partial charge in [0.05, 0.1) is 91.8 Å². The summed E-state index contributed by atoms with van der Waals surface area (Å²) in [5.41, 5.74) is 24.5. The van der Waals surface area contributed by atoms with Crippen molar-refractivity contribution in [3.63, 3.8) is 0 Å². The maximum atomic E-state index is 5.78. The summed E-state index contributed by atoms with van der Waals surface area (Å²) in [6, 6.07) is 86.3. The molecule has 117 heavy (non-hydrogen) atoms. The van der Waals surface area contributed by atoms with E-state index in [1.807, 2.05) is 189 Å². The third kappa shape index (κ3) is 25.1. The predicted octanol–water partition coefficient (Wildman–Crippen LogP) is 21.9. The molecule has 22 nitrogen and oxygen atoms in total. The lowest BCUT2D eigenvalue weighted by molar-refractivity contribution is 0.398. The number of aryl methyl sites for hydroxylation is 4. The van der Waals surface area contributed by atoms with Crippen LogP contribution >= 0.6 is 23.2 Å². The summed E-state index contributed by atoms with van der Waals surface area (Å²) >= 11 is 11.5. The Labute approximate surface area is 688 Å². The molecule has 6 aromatic carbocycles. The normalized spacial score (nSPS) is 10.2. The number of ether oxygens (including phenoxy) is 4. The van der Waals surface area contributed by atoms with Crippen LogP contribution in [0.25, 0.3) is 65.4 Å². The Bertz CT molecular complexity index is 6130. The summed E-state index contributed by atoms with van der Waals surface area (Å²) in [4.78, 5) is 53.0. The number of para-hydroxylation sites is 2. The minimum atomic E-state index is 0.483.